The Morgan fingerprint density at radius 2 is 1.95 bits per heavy atom. The minimum Gasteiger partial charge on any atom is -0.337 e. The van der Waals surface area contributed by atoms with Crippen LogP contribution in [-0.4, -0.2) is 15.1 Å². The van der Waals surface area contributed by atoms with E-state index in [1.807, 2.05) is 6.07 Å². The highest BCUT2D eigenvalue weighted by Crippen LogP contribution is 2.35. The Kier molecular flexibility index (Phi) is 3.92. The molecule has 0 amide bonds. The van der Waals surface area contributed by atoms with E-state index < -0.39 is 5.54 Å². The van der Waals surface area contributed by atoms with Crippen molar-refractivity contribution < 1.29 is 4.52 Å². The first-order chi connectivity index (χ1) is 9.58. The monoisotopic (exact) mass is 400 g/mol. The van der Waals surface area contributed by atoms with Crippen molar-refractivity contribution in [3.05, 3.63) is 27.1 Å². The number of hydrogen-bond acceptors (Lipinski definition) is 5. The molecule has 2 aromatic heterocycles. The molecule has 2 N–H and O–H groups in total. The van der Waals surface area contributed by atoms with E-state index in [4.69, 9.17) is 10.3 Å². The molecule has 20 heavy (non-hydrogen) atoms. The zero-order chi connectivity index (χ0) is 14.2. The fraction of sp³-hybridized carbons (Fsp3) is 0.462. The summed E-state index contributed by atoms with van der Waals surface area (Å²) in [6.07, 6.45) is 6.92. The summed E-state index contributed by atoms with van der Waals surface area (Å²) >= 11 is 6.83. The van der Waals surface area contributed by atoms with E-state index in [1.54, 1.807) is 6.20 Å². The molecule has 5 nitrogen and oxygen atoms in total. The van der Waals surface area contributed by atoms with Crippen LogP contribution in [0.4, 0.5) is 0 Å². The molecule has 0 atom stereocenters. The molecule has 2 heterocycles. The standard InChI is InChI=1S/C13H14Br2N4O/c14-8-6-9(15)10(17-7-8)11-18-12(20-19-11)13(16)4-2-1-3-5-13/h6-7H,1-5,16H2. The van der Waals surface area contributed by atoms with Crippen LogP contribution in [0.3, 0.4) is 0 Å². The third-order valence-electron chi connectivity index (χ3n) is 3.62. The van der Waals surface area contributed by atoms with Crippen molar-refractivity contribution in [1.82, 2.24) is 15.1 Å². The van der Waals surface area contributed by atoms with Gasteiger partial charge in [0.05, 0.1) is 5.54 Å². The molecule has 0 aliphatic heterocycles. The second-order valence-corrected chi connectivity index (χ2v) is 6.89. The predicted molar refractivity (Wildman–Crippen MR) is 81.9 cm³/mol. The number of nitrogens with zero attached hydrogens (tertiary/aromatic N) is 3. The molecule has 3 rings (SSSR count). The second kappa shape index (κ2) is 5.54. The molecule has 0 spiro atoms. The lowest BCUT2D eigenvalue weighted by molar-refractivity contribution is 0.220. The van der Waals surface area contributed by atoms with E-state index in [-0.39, 0.29) is 0 Å². The Morgan fingerprint density at radius 3 is 2.65 bits per heavy atom. The largest absolute Gasteiger partial charge is 0.337 e. The van der Waals surface area contributed by atoms with Gasteiger partial charge >= 0.3 is 0 Å². The molecule has 1 aliphatic rings. The molecule has 0 radical (unpaired) electrons. The van der Waals surface area contributed by atoms with Crippen LogP contribution in [-0.2, 0) is 5.54 Å². The van der Waals surface area contributed by atoms with Gasteiger partial charge in [0.2, 0.25) is 11.7 Å². The van der Waals surface area contributed by atoms with Gasteiger partial charge in [-0.1, -0.05) is 24.4 Å². The smallest absolute Gasteiger partial charge is 0.247 e. The van der Waals surface area contributed by atoms with Crippen LogP contribution in [0.2, 0.25) is 0 Å². The van der Waals surface area contributed by atoms with Crippen molar-refractivity contribution in [3.8, 4) is 11.5 Å². The maximum absolute atomic E-state index is 6.40. The topological polar surface area (TPSA) is 77.8 Å². The Hall–Kier alpha value is -0.790. The lowest BCUT2D eigenvalue weighted by Crippen LogP contribution is -2.38. The summed E-state index contributed by atoms with van der Waals surface area (Å²) in [5, 5.41) is 4.02. The Morgan fingerprint density at radius 1 is 1.20 bits per heavy atom. The molecule has 7 heteroatoms. The first kappa shape index (κ1) is 14.2. The normalized spacial score (nSPS) is 18.1. The fourth-order valence-electron chi connectivity index (χ4n) is 2.50. The maximum Gasteiger partial charge on any atom is 0.247 e. The molecule has 2 aromatic rings. The van der Waals surface area contributed by atoms with Gasteiger partial charge in [-0.15, -0.1) is 0 Å². The number of hydrogen-bond donors (Lipinski definition) is 1. The summed E-state index contributed by atoms with van der Waals surface area (Å²) in [6, 6.07) is 1.90. The summed E-state index contributed by atoms with van der Waals surface area (Å²) in [6.45, 7) is 0. The summed E-state index contributed by atoms with van der Waals surface area (Å²) in [5.74, 6) is 0.985. The highest BCUT2D eigenvalue weighted by molar-refractivity contribution is 9.11. The Labute approximate surface area is 133 Å². The second-order valence-electron chi connectivity index (χ2n) is 5.12. The van der Waals surface area contributed by atoms with E-state index >= 15 is 0 Å². The molecule has 0 saturated heterocycles. The average Bonchev–Trinajstić information content (AvgIpc) is 2.90. The predicted octanol–water partition coefficient (Wildman–Crippen LogP) is 3.77. The van der Waals surface area contributed by atoms with Crippen molar-refractivity contribution in [1.29, 1.82) is 0 Å². The van der Waals surface area contributed by atoms with Crippen LogP contribution in [0.15, 0.2) is 25.7 Å². The van der Waals surface area contributed by atoms with Gasteiger partial charge in [0.1, 0.15) is 5.69 Å². The van der Waals surface area contributed by atoms with E-state index in [1.165, 1.54) is 6.42 Å². The van der Waals surface area contributed by atoms with Crippen molar-refractivity contribution in [2.75, 3.05) is 0 Å². The minimum atomic E-state index is -0.481. The first-order valence-electron chi connectivity index (χ1n) is 6.53. The zero-order valence-corrected chi connectivity index (χ0v) is 13.9. The number of pyridine rings is 1. The van der Waals surface area contributed by atoms with Gasteiger partial charge in [0.15, 0.2) is 0 Å². The molecule has 0 unspecified atom stereocenters. The van der Waals surface area contributed by atoms with Crippen LogP contribution < -0.4 is 5.73 Å². The summed E-state index contributed by atoms with van der Waals surface area (Å²) in [4.78, 5) is 8.77. The van der Waals surface area contributed by atoms with Crippen LogP contribution in [0.1, 0.15) is 38.0 Å². The molecule has 1 aliphatic carbocycles. The van der Waals surface area contributed by atoms with Crippen LogP contribution in [0, 0.1) is 0 Å². The van der Waals surface area contributed by atoms with Gasteiger partial charge < -0.3 is 10.3 Å². The lowest BCUT2D eigenvalue weighted by atomic mass is 9.82. The SMILES string of the molecule is NC1(c2nc(-c3ncc(Br)cc3Br)no2)CCCCC1. The quantitative estimate of drug-likeness (QED) is 0.828. The molecule has 0 aromatic carbocycles. The number of aromatic nitrogens is 3. The third-order valence-corrected chi connectivity index (χ3v) is 4.66. The van der Waals surface area contributed by atoms with Crippen LogP contribution >= 0.6 is 31.9 Å². The van der Waals surface area contributed by atoms with Gasteiger partial charge in [-0.3, -0.25) is 4.98 Å². The lowest BCUT2D eigenvalue weighted by Gasteiger charge is -2.29. The molecular formula is C13H14Br2N4O. The fourth-order valence-corrected chi connectivity index (χ4v) is 3.66. The van der Waals surface area contributed by atoms with Gasteiger partial charge in [0.25, 0.3) is 0 Å². The van der Waals surface area contributed by atoms with Crippen molar-refractivity contribution in [2.45, 2.75) is 37.6 Å². The van der Waals surface area contributed by atoms with E-state index in [0.717, 1.165) is 34.6 Å². The molecule has 1 fully saturated rings. The Balaban J connectivity index is 1.93. The van der Waals surface area contributed by atoms with E-state index in [0.29, 0.717) is 17.4 Å². The minimum absolute atomic E-state index is 0.467. The van der Waals surface area contributed by atoms with Crippen molar-refractivity contribution in [3.63, 3.8) is 0 Å². The summed E-state index contributed by atoms with van der Waals surface area (Å²) in [5.41, 5.74) is 6.57. The molecular weight excluding hydrogens is 388 g/mol. The summed E-state index contributed by atoms with van der Waals surface area (Å²) < 4.78 is 7.09. The van der Waals surface area contributed by atoms with Gasteiger partial charge in [-0.25, -0.2) is 0 Å². The van der Waals surface area contributed by atoms with Crippen molar-refractivity contribution in [2.24, 2.45) is 5.73 Å². The van der Waals surface area contributed by atoms with Crippen molar-refractivity contribution >= 4 is 31.9 Å². The van der Waals surface area contributed by atoms with Crippen LogP contribution in [0.5, 0.6) is 0 Å². The zero-order valence-electron chi connectivity index (χ0n) is 10.8. The third kappa shape index (κ3) is 2.66. The van der Waals surface area contributed by atoms with Gasteiger partial charge in [-0.2, -0.15) is 4.98 Å². The van der Waals surface area contributed by atoms with E-state index in [2.05, 4.69) is 47.0 Å². The van der Waals surface area contributed by atoms with Gasteiger partial charge in [0, 0.05) is 15.1 Å². The van der Waals surface area contributed by atoms with Gasteiger partial charge in [-0.05, 0) is 50.8 Å². The van der Waals surface area contributed by atoms with Crippen LogP contribution in [0.25, 0.3) is 11.5 Å². The first-order valence-corrected chi connectivity index (χ1v) is 8.12. The number of rotatable bonds is 2. The number of nitrogens with two attached hydrogens (primary N) is 1. The maximum atomic E-state index is 6.40. The molecule has 106 valence electrons. The molecule has 1 saturated carbocycles. The summed E-state index contributed by atoms with van der Waals surface area (Å²) in [7, 11) is 0. The molecule has 0 bridgehead atoms. The average molecular weight is 402 g/mol. The Bertz CT molecular complexity index is 623. The highest BCUT2D eigenvalue weighted by atomic mass is 79.9. The highest BCUT2D eigenvalue weighted by Gasteiger charge is 2.35. The van der Waals surface area contributed by atoms with E-state index in [9.17, 15) is 0 Å². The number of halogens is 2.